The molecule has 1 unspecified atom stereocenters. The predicted octanol–water partition coefficient (Wildman–Crippen LogP) is 3.89. The molecule has 150 valence electrons. The molecule has 29 heavy (non-hydrogen) atoms. The zero-order chi connectivity index (χ0) is 20.5. The molecule has 3 aromatic rings. The van der Waals surface area contributed by atoms with Gasteiger partial charge in [-0.1, -0.05) is 12.1 Å². The minimum absolute atomic E-state index is 0.294. The Hall–Kier alpha value is -3.14. The first-order chi connectivity index (χ1) is 13.9. The molecule has 3 heterocycles. The number of rotatable bonds is 4. The van der Waals surface area contributed by atoms with E-state index in [1.807, 2.05) is 0 Å². The molecule has 0 saturated heterocycles. The average Bonchev–Trinajstić information content (AvgIpc) is 3.22. The molecule has 1 N–H and O–H groups in total. The van der Waals surface area contributed by atoms with Crippen LogP contribution in [0.3, 0.4) is 0 Å². The fourth-order valence-corrected chi connectivity index (χ4v) is 3.77. The van der Waals surface area contributed by atoms with Crippen molar-refractivity contribution < 1.29 is 27.4 Å². The Labute approximate surface area is 167 Å². The molecule has 0 spiro atoms. The second-order valence-electron chi connectivity index (χ2n) is 6.25. The van der Waals surface area contributed by atoms with E-state index in [0.717, 1.165) is 0 Å². The smallest absolute Gasteiger partial charge is 0.491 e. The number of aromatic nitrogens is 2. The number of halogens is 3. The molecular formula is C19H14F3N3O3S. The van der Waals surface area contributed by atoms with E-state index in [-0.39, 0.29) is 11.7 Å². The Morgan fingerprint density at radius 1 is 1.24 bits per heavy atom. The first-order valence-corrected chi connectivity index (χ1v) is 9.41. The van der Waals surface area contributed by atoms with Gasteiger partial charge in [0.25, 0.3) is 5.91 Å². The van der Waals surface area contributed by atoms with Crippen molar-refractivity contribution in [1.82, 2.24) is 15.3 Å². The van der Waals surface area contributed by atoms with E-state index < -0.39 is 11.9 Å². The zero-order valence-corrected chi connectivity index (χ0v) is 15.6. The van der Waals surface area contributed by atoms with Gasteiger partial charge in [-0.2, -0.15) is 0 Å². The Bertz CT molecular complexity index is 1010. The van der Waals surface area contributed by atoms with Gasteiger partial charge >= 0.3 is 6.36 Å². The van der Waals surface area contributed by atoms with Gasteiger partial charge in [-0.3, -0.25) is 14.8 Å². The van der Waals surface area contributed by atoms with Crippen LogP contribution in [0.1, 0.15) is 27.3 Å². The van der Waals surface area contributed by atoms with Gasteiger partial charge in [0.1, 0.15) is 27.6 Å². The van der Waals surface area contributed by atoms with Crippen molar-refractivity contribution >= 4 is 17.2 Å². The van der Waals surface area contributed by atoms with Gasteiger partial charge in [-0.15, -0.1) is 24.5 Å². The highest BCUT2D eigenvalue weighted by Crippen LogP contribution is 2.41. The molecule has 2 aromatic heterocycles. The fraction of sp³-hybridized carbons (Fsp3) is 0.211. The Morgan fingerprint density at radius 2 is 2.03 bits per heavy atom. The van der Waals surface area contributed by atoms with Crippen molar-refractivity contribution in [3.05, 3.63) is 70.4 Å². The molecule has 1 aliphatic heterocycles. The molecule has 0 fully saturated rings. The average molecular weight is 421 g/mol. The lowest BCUT2D eigenvalue weighted by atomic mass is 9.81. The Kier molecular flexibility index (Phi) is 4.87. The maximum Gasteiger partial charge on any atom is 0.573 e. The lowest BCUT2D eigenvalue weighted by Gasteiger charge is -2.38. The van der Waals surface area contributed by atoms with E-state index in [1.165, 1.54) is 41.8 Å². The van der Waals surface area contributed by atoms with E-state index in [4.69, 9.17) is 4.74 Å². The number of thiazole rings is 1. The van der Waals surface area contributed by atoms with Gasteiger partial charge < -0.3 is 14.8 Å². The highest BCUT2D eigenvalue weighted by Gasteiger charge is 2.43. The summed E-state index contributed by atoms with van der Waals surface area (Å²) in [6.07, 6.45) is -1.41. The summed E-state index contributed by atoms with van der Waals surface area (Å²) in [6, 6.07) is 8.83. The van der Waals surface area contributed by atoms with Crippen molar-refractivity contribution in [1.29, 1.82) is 0 Å². The standard InChI is InChI=1S/C19H14F3N3O3S/c20-19(21,22)28-13-5-3-12(4-6-13)18(25-17(26)15-10-23-11-29-15)7-9-27-14-2-1-8-24-16(14)18/h1-6,8,10-11H,7,9H2,(H,25,26). The number of nitrogens with zero attached hydrogens (tertiary/aromatic N) is 2. The molecule has 1 atom stereocenters. The highest BCUT2D eigenvalue weighted by molar-refractivity contribution is 7.11. The summed E-state index contributed by atoms with van der Waals surface area (Å²) < 4.78 is 47.1. The van der Waals surface area contributed by atoms with Crippen LogP contribution in [0, 0.1) is 0 Å². The first kappa shape index (κ1) is 19.2. The third-order valence-electron chi connectivity index (χ3n) is 4.47. The van der Waals surface area contributed by atoms with E-state index in [2.05, 4.69) is 20.0 Å². The summed E-state index contributed by atoms with van der Waals surface area (Å²) in [7, 11) is 0. The van der Waals surface area contributed by atoms with E-state index in [1.54, 1.807) is 23.8 Å². The second-order valence-corrected chi connectivity index (χ2v) is 7.13. The molecule has 6 nitrogen and oxygen atoms in total. The molecule has 1 aromatic carbocycles. The van der Waals surface area contributed by atoms with Gasteiger partial charge in [-0.05, 0) is 29.8 Å². The van der Waals surface area contributed by atoms with Gasteiger partial charge in [-0.25, -0.2) is 0 Å². The minimum atomic E-state index is -4.79. The van der Waals surface area contributed by atoms with Crippen molar-refractivity contribution in [3.8, 4) is 11.5 Å². The van der Waals surface area contributed by atoms with Crippen LogP contribution in [0.25, 0.3) is 0 Å². The van der Waals surface area contributed by atoms with Crippen LogP contribution in [0.4, 0.5) is 13.2 Å². The van der Waals surface area contributed by atoms with Crippen LogP contribution in [-0.2, 0) is 5.54 Å². The van der Waals surface area contributed by atoms with E-state index in [0.29, 0.717) is 34.9 Å². The van der Waals surface area contributed by atoms with Gasteiger partial charge in [0.15, 0.2) is 0 Å². The third kappa shape index (κ3) is 3.88. The van der Waals surface area contributed by atoms with Crippen LogP contribution < -0.4 is 14.8 Å². The molecule has 1 amide bonds. The molecule has 0 bridgehead atoms. The summed E-state index contributed by atoms with van der Waals surface area (Å²) in [5.41, 5.74) is 1.51. The number of alkyl halides is 3. The summed E-state index contributed by atoms with van der Waals surface area (Å²) in [5, 5.41) is 3.00. The molecule has 0 aliphatic carbocycles. The number of amides is 1. The Balaban J connectivity index is 1.77. The zero-order valence-electron chi connectivity index (χ0n) is 14.8. The Morgan fingerprint density at radius 3 is 2.72 bits per heavy atom. The van der Waals surface area contributed by atoms with Gasteiger partial charge in [0, 0.05) is 12.6 Å². The maximum absolute atomic E-state index is 12.8. The molecular weight excluding hydrogens is 407 g/mol. The lowest BCUT2D eigenvalue weighted by molar-refractivity contribution is -0.274. The molecule has 10 heteroatoms. The van der Waals surface area contributed by atoms with E-state index >= 15 is 0 Å². The van der Waals surface area contributed by atoms with Crippen molar-refractivity contribution in [3.63, 3.8) is 0 Å². The van der Waals surface area contributed by atoms with Crippen LogP contribution in [-0.4, -0.2) is 28.8 Å². The van der Waals surface area contributed by atoms with Crippen LogP contribution in [0.2, 0.25) is 0 Å². The molecule has 0 saturated carbocycles. The highest BCUT2D eigenvalue weighted by atomic mass is 32.1. The van der Waals surface area contributed by atoms with Crippen LogP contribution in [0.5, 0.6) is 11.5 Å². The monoisotopic (exact) mass is 421 g/mol. The second kappa shape index (κ2) is 7.36. The quantitative estimate of drug-likeness (QED) is 0.692. The van der Waals surface area contributed by atoms with Crippen LogP contribution >= 0.6 is 11.3 Å². The minimum Gasteiger partial charge on any atom is -0.491 e. The number of hydrogen-bond donors (Lipinski definition) is 1. The first-order valence-electron chi connectivity index (χ1n) is 8.53. The molecule has 4 rings (SSSR count). The van der Waals surface area contributed by atoms with Crippen molar-refractivity contribution in [2.24, 2.45) is 0 Å². The van der Waals surface area contributed by atoms with E-state index in [9.17, 15) is 18.0 Å². The fourth-order valence-electron chi connectivity index (χ4n) is 3.26. The number of carbonyl (C=O) groups is 1. The SMILES string of the molecule is O=C(NC1(c2ccc(OC(F)(F)F)cc2)CCOc2cccnc21)c1cncs1. The molecule has 0 radical (unpaired) electrons. The topological polar surface area (TPSA) is 73.3 Å². The summed E-state index contributed by atoms with van der Waals surface area (Å²) in [4.78, 5) is 21.6. The lowest BCUT2D eigenvalue weighted by Crippen LogP contribution is -2.50. The third-order valence-corrected chi connectivity index (χ3v) is 5.25. The summed E-state index contributed by atoms with van der Waals surface area (Å²) in [6.45, 7) is 0.294. The summed E-state index contributed by atoms with van der Waals surface area (Å²) >= 11 is 1.18. The van der Waals surface area contributed by atoms with Gasteiger partial charge in [0.2, 0.25) is 0 Å². The number of fused-ring (bicyclic) bond motifs is 1. The number of ether oxygens (including phenoxy) is 2. The number of nitrogens with one attached hydrogen (secondary N) is 1. The summed E-state index contributed by atoms with van der Waals surface area (Å²) in [5.74, 6) is -0.209. The number of benzene rings is 1. The normalized spacial score (nSPS) is 18.4. The van der Waals surface area contributed by atoms with Gasteiger partial charge in [0.05, 0.1) is 18.3 Å². The molecule has 1 aliphatic rings. The number of hydrogen-bond acceptors (Lipinski definition) is 6. The predicted molar refractivity (Wildman–Crippen MR) is 97.8 cm³/mol. The number of pyridine rings is 1. The van der Waals surface area contributed by atoms with Crippen molar-refractivity contribution in [2.75, 3.05) is 6.61 Å². The van der Waals surface area contributed by atoms with Crippen molar-refractivity contribution in [2.45, 2.75) is 18.3 Å². The largest absolute Gasteiger partial charge is 0.573 e. The number of carbonyl (C=O) groups excluding carboxylic acids is 1. The van der Waals surface area contributed by atoms with Crippen LogP contribution in [0.15, 0.2) is 54.3 Å². The maximum atomic E-state index is 12.8.